The predicted octanol–water partition coefficient (Wildman–Crippen LogP) is 4.42. The smallest absolute Gasteiger partial charge is 0.161 e. The maximum absolute atomic E-state index is 5.51. The van der Waals surface area contributed by atoms with E-state index in [0.717, 1.165) is 43.4 Å². The molecule has 0 radical (unpaired) electrons. The van der Waals surface area contributed by atoms with Crippen molar-refractivity contribution in [3.05, 3.63) is 59.4 Å². The summed E-state index contributed by atoms with van der Waals surface area (Å²) in [5.41, 5.74) is 6.35. The average molecular weight is 377 g/mol. The van der Waals surface area contributed by atoms with Crippen LogP contribution in [-0.2, 0) is 19.5 Å². The summed E-state index contributed by atoms with van der Waals surface area (Å²) in [7, 11) is 3.36. The van der Waals surface area contributed by atoms with Gasteiger partial charge in [-0.1, -0.05) is 6.08 Å². The van der Waals surface area contributed by atoms with Crippen LogP contribution in [0, 0.1) is 13.8 Å². The number of aromatic nitrogens is 2. The highest BCUT2D eigenvalue weighted by atomic mass is 16.5. The van der Waals surface area contributed by atoms with E-state index in [1.807, 2.05) is 12.3 Å². The molecule has 1 aliphatic heterocycles. The van der Waals surface area contributed by atoms with E-state index in [9.17, 15) is 0 Å². The highest BCUT2D eigenvalue weighted by Crippen LogP contribution is 2.37. The molecule has 0 spiro atoms. The highest BCUT2D eigenvalue weighted by molar-refractivity contribution is 5.93. The van der Waals surface area contributed by atoms with Gasteiger partial charge in [-0.15, -0.1) is 6.58 Å². The molecule has 4 rings (SSSR count). The molecule has 0 amide bonds. The lowest BCUT2D eigenvalue weighted by molar-refractivity contribution is 0.353. The van der Waals surface area contributed by atoms with E-state index in [2.05, 4.69) is 48.1 Å². The number of allylic oxidation sites excluding steroid dienone is 1. The van der Waals surface area contributed by atoms with Gasteiger partial charge in [-0.2, -0.15) is 0 Å². The van der Waals surface area contributed by atoms with Gasteiger partial charge in [0.15, 0.2) is 17.3 Å². The van der Waals surface area contributed by atoms with Crippen LogP contribution in [0.3, 0.4) is 0 Å². The molecule has 5 heteroatoms. The number of pyridine rings is 1. The minimum atomic E-state index is 0.774. The first-order valence-electron chi connectivity index (χ1n) is 9.63. The summed E-state index contributed by atoms with van der Waals surface area (Å²) in [6.07, 6.45) is 4.83. The van der Waals surface area contributed by atoms with Crippen molar-refractivity contribution in [2.24, 2.45) is 0 Å². The molecule has 0 saturated carbocycles. The molecular formula is C23H27N3O2. The van der Waals surface area contributed by atoms with Gasteiger partial charge in [-0.25, -0.2) is 4.98 Å². The van der Waals surface area contributed by atoms with E-state index >= 15 is 0 Å². The van der Waals surface area contributed by atoms with Crippen molar-refractivity contribution in [1.29, 1.82) is 0 Å². The second kappa shape index (κ2) is 7.23. The SMILES string of the molecule is C=CCn1c(C)c(C)c2ccnc(N3CCc4cc(OC)c(OC)cc4C3)c21. The predicted molar refractivity (Wildman–Crippen MR) is 114 cm³/mol. The monoisotopic (exact) mass is 377 g/mol. The third-order valence-corrected chi connectivity index (χ3v) is 5.86. The molecule has 146 valence electrons. The normalized spacial score (nSPS) is 13.5. The quantitative estimate of drug-likeness (QED) is 0.617. The first-order chi connectivity index (χ1) is 13.6. The third-order valence-electron chi connectivity index (χ3n) is 5.86. The number of aryl methyl sites for hydroxylation is 1. The third kappa shape index (κ3) is 2.82. The van der Waals surface area contributed by atoms with E-state index in [1.165, 1.54) is 33.3 Å². The molecule has 0 N–H and O–H groups in total. The Balaban J connectivity index is 1.80. The van der Waals surface area contributed by atoms with Crippen LogP contribution in [0.2, 0.25) is 0 Å². The van der Waals surface area contributed by atoms with Gasteiger partial charge in [-0.3, -0.25) is 0 Å². The van der Waals surface area contributed by atoms with Crippen LogP contribution >= 0.6 is 0 Å². The van der Waals surface area contributed by atoms with Gasteiger partial charge in [-0.05, 0) is 55.2 Å². The van der Waals surface area contributed by atoms with Gasteiger partial charge in [0.1, 0.15) is 0 Å². The molecule has 0 aliphatic carbocycles. The van der Waals surface area contributed by atoms with Crippen molar-refractivity contribution in [2.75, 3.05) is 25.7 Å². The van der Waals surface area contributed by atoms with Crippen molar-refractivity contribution in [1.82, 2.24) is 9.55 Å². The first-order valence-corrected chi connectivity index (χ1v) is 9.63. The Kier molecular flexibility index (Phi) is 4.75. The number of methoxy groups -OCH3 is 2. The Bertz CT molecular complexity index is 1050. The summed E-state index contributed by atoms with van der Waals surface area (Å²) in [5.74, 6) is 2.60. The zero-order chi connectivity index (χ0) is 19.8. The van der Waals surface area contributed by atoms with Crippen LogP contribution in [0.4, 0.5) is 5.82 Å². The number of fused-ring (bicyclic) bond motifs is 2. The molecule has 3 heterocycles. The lowest BCUT2D eigenvalue weighted by atomic mass is 9.98. The molecule has 2 aromatic heterocycles. The molecule has 1 aliphatic rings. The fourth-order valence-corrected chi connectivity index (χ4v) is 4.23. The molecule has 5 nitrogen and oxygen atoms in total. The van der Waals surface area contributed by atoms with Gasteiger partial charge in [0.25, 0.3) is 0 Å². The Morgan fingerprint density at radius 3 is 2.54 bits per heavy atom. The Hall–Kier alpha value is -2.95. The number of benzene rings is 1. The van der Waals surface area contributed by atoms with Crippen LogP contribution < -0.4 is 14.4 Å². The van der Waals surface area contributed by atoms with Gasteiger partial charge in [0.2, 0.25) is 0 Å². The summed E-state index contributed by atoms with van der Waals surface area (Å²) in [6, 6.07) is 6.32. The van der Waals surface area contributed by atoms with Crippen LogP contribution in [0.25, 0.3) is 10.9 Å². The van der Waals surface area contributed by atoms with E-state index in [0.29, 0.717) is 0 Å². The molecule has 0 atom stereocenters. The molecule has 0 saturated heterocycles. The van der Waals surface area contributed by atoms with E-state index in [1.54, 1.807) is 14.2 Å². The number of hydrogen-bond donors (Lipinski definition) is 0. The molecule has 3 aromatic rings. The van der Waals surface area contributed by atoms with E-state index in [4.69, 9.17) is 14.5 Å². The van der Waals surface area contributed by atoms with Crippen molar-refractivity contribution < 1.29 is 9.47 Å². The summed E-state index contributed by atoms with van der Waals surface area (Å²) >= 11 is 0. The number of rotatable bonds is 5. The fourth-order valence-electron chi connectivity index (χ4n) is 4.23. The summed E-state index contributed by atoms with van der Waals surface area (Å²) in [4.78, 5) is 7.16. The lowest BCUT2D eigenvalue weighted by Crippen LogP contribution is -2.31. The van der Waals surface area contributed by atoms with Crippen LogP contribution in [0.5, 0.6) is 11.5 Å². The summed E-state index contributed by atoms with van der Waals surface area (Å²) in [6.45, 7) is 10.8. The molecule has 0 fully saturated rings. The minimum Gasteiger partial charge on any atom is -0.493 e. The topological polar surface area (TPSA) is 39.5 Å². The minimum absolute atomic E-state index is 0.774. The Labute approximate surface area is 166 Å². The fraction of sp³-hybridized carbons (Fsp3) is 0.348. The standard InChI is InChI=1S/C23H27N3O2/c1-6-10-26-16(3)15(2)19-7-9-24-23(22(19)26)25-11-8-17-12-20(27-4)21(28-5)13-18(17)14-25/h6-7,9,12-13H,1,8,10-11,14H2,2-5H3. The van der Waals surface area contributed by atoms with Gasteiger partial charge in [0.05, 0.1) is 19.7 Å². The van der Waals surface area contributed by atoms with Crippen molar-refractivity contribution in [3.8, 4) is 11.5 Å². The molecule has 0 bridgehead atoms. The zero-order valence-electron chi connectivity index (χ0n) is 17.1. The molecule has 1 aromatic carbocycles. The van der Waals surface area contributed by atoms with Crippen molar-refractivity contribution >= 4 is 16.7 Å². The lowest BCUT2D eigenvalue weighted by Gasteiger charge is -2.31. The Morgan fingerprint density at radius 2 is 1.86 bits per heavy atom. The van der Waals surface area contributed by atoms with Gasteiger partial charge < -0.3 is 18.9 Å². The van der Waals surface area contributed by atoms with E-state index in [-0.39, 0.29) is 0 Å². The number of ether oxygens (including phenoxy) is 2. The van der Waals surface area contributed by atoms with E-state index < -0.39 is 0 Å². The number of nitrogens with zero attached hydrogens (tertiary/aromatic N) is 3. The summed E-state index contributed by atoms with van der Waals surface area (Å²) < 4.78 is 13.3. The summed E-state index contributed by atoms with van der Waals surface area (Å²) in [5, 5.41) is 1.27. The largest absolute Gasteiger partial charge is 0.493 e. The second-order valence-electron chi connectivity index (χ2n) is 7.29. The maximum atomic E-state index is 5.51. The molecule has 0 unspecified atom stereocenters. The Morgan fingerprint density at radius 1 is 1.14 bits per heavy atom. The highest BCUT2D eigenvalue weighted by Gasteiger charge is 2.24. The van der Waals surface area contributed by atoms with Gasteiger partial charge >= 0.3 is 0 Å². The van der Waals surface area contributed by atoms with Gasteiger partial charge in [0, 0.05) is 36.9 Å². The number of hydrogen-bond acceptors (Lipinski definition) is 4. The average Bonchev–Trinajstić information content (AvgIpc) is 2.97. The van der Waals surface area contributed by atoms with Crippen molar-refractivity contribution in [2.45, 2.75) is 33.4 Å². The number of anilines is 1. The van der Waals surface area contributed by atoms with Crippen LogP contribution in [0.15, 0.2) is 37.1 Å². The van der Waals surface area contributed by atoms with Crippen molar-refractivity contribution in [3.63, 3.8) is 0 Å². The second-order valence-corrected chi connectivity index (χ2v) is 7.29. The zero-order valence-corrected chi connectivity index (χ0v) is 17.1. The molecule has 28 heavy (non-hydrogen) atoms. The maximum Gasteiger partial charge on any atom is 0.161 e. The molecular weight excluding hydrogens is 350 g/mol. The van der Waals surface area contributed by atoms with Crippen LogP contribution in [0.1, 0.15) is 22.4 Å². The van der Waals surface area contributed by atoms with Crippen LogP contribution in [-0.4, -0.2) is 30.3 Å². The first kappa shape index (κ1) is 18.4.